The molecule has 0 aliphatic rings. The molecule has 21 heavy (non-hydrogen) atoms. The van der Waals surface area contributed by atoms with Crippen LogP contribution in [-0.4, -0.2) is 49.5 Å². The normalized spacial score (nSPS) is 11.9. The summed E-state index contributed by atoms with van der Waals surface area (Å²) in [6, 6.07) is 0. The fourth-order valence-corrected chi connectivity index (χ4v) is 1.95. The molecule has 0 heterocycles. The van der Waals surface area contributed by atoms with E-state index < -0.39 is 0 Å². The highest BCUT2D eigenvalue weighted by molar-refractivity contribution is 14.0. The number of aliphatic imine (C=N–C) groups is 1. The van der Waals surface area contributed by atoms with Gasteiger partial charge in [0.2, 0.25) is 5.91 Å². The highest BCUT2D eigenvalue weighted by Crippen LogP contribution is 2.05. The van der Waals surface area contributed by atoms with Crippen LogP contribution in [0.25, 0.3) is 0 Å². The second kappa shape index (κ2) is 11.1. The molecule has 0 aromatic carbocycles. The quantitative estimate of drug-likeness (QED) is 0.400. The number of carbonyl (C=O) groups excluding carboxylic acids is 1. The number of nitrogens with one attached hydrogen (secondary N) is 2. The largest absolute Gasteiger partial charge is 0.356 e. The van der Waals surface area contributed by atoms with Crippen molar-refractivity contribution in [1.82, 2.24) is 15.5 Å². The van der Waals surface area contributed by atoms with Crippen molar-refractivity contribution in [3.8, 4) is 0 Å². The number of halogens is 1. The highest BCUT2D eigenvalue weighted by atomic mass is 127. The third-order valence-corrected chi connectivity index (χ3v) is 3.17. The smallest absolute Gasteiger partial charge is 0.240 e. The number of hydrogen-bond donors (Lipinski definition) is 2. The third kappa shape index (κ3) is 10.8. The lowest BCUT2D eigenvalue weighted by molar-refractivity contribution is -0.122. The molecule has 0 aliphatic carbocycles. The summed E-state index contributed by atoms with van der Waals surface area (Å²) < 4.78 is 0. The lowest BCUT2D eigenvalue weighted by Crippen LogP contribution is -2.49. The van der Waals surface area contributed by atoms with E-state index in [-0.39, 0.29) is 35.4 Å². The number of nitrogens with zero attached hydrogens (tertiary/aromatic N) is 2. The van der Waals surface area contributed by atoms with Gasteiger partial charge in [-0.05, 0) is 26.7 Å². The van der Waals surface area contributed by atoms with Gasteiger partial charge < -0.3 is 15.5 Å². The van der Waals surface area contributed by atoms with E-state index in [9.17, 15) is 4.79 Å². The summed E-state index contributed by atoms with van der Waals surface area (Å²) in [7, 11) is 3.62. The molecule has 1 amide bonds. The molecule has 0 fully saturated rings. The summed E-state index contributed by atoms with van der Waals surface area (Å²) in [4.78, 5) is 18.0. The molecule has 2 N–H and O–H groups in total. The maximum Gasteiger partial charge on any atom is 0.240 e. The Morgan fingerprint density at radius 2 is 1.76 bits per heavy atom. The van der Waals surface area contributed by atoms with E-state index in [4.69, 9.17) is 0 Å². The van der Waals surface area contributed by atoms with Gasteiger partial charge in [0.25, 0.3) is 0 Å². The van der Waals surface area contributed by atoms with Gasteiger partial charge in [-0.15, -0.1) is 24.0 Å². The Morgan fingerprint density at radius 3 is 2.14 bits per heavy atom. The standard InChI is InChI=1S/C15H32N4O.HI/c1-8-12(9-2)10-17-14(16-6)19(7)11-13(20)18-15(3,4)5;/h12H,8-11H2,1-7H3,(H,16,17)(H,18,20);1H. The summed E-state index contributed by atoms with van der Waals surface area (Å²) in [5.74, 6) is 1.41. The monoisotopic (exact) mass is 412 g/mol. The van der Waals surface area contributed by atoms with E-state index in [1.54, 1.807) is 7.05 Å². The number of rotatable bonds is 6. The zero-order valence-electron chi connectivity index (χ0n) is 14.6. The fourth-order valence-electron chi connectivity index (χ4n) is 1.95. The minimum atomic E-state index is -0.204. The van der Waals surface area contributed by atoms with Crippen LogP contribution in [0.2, 0.25) is 0 Å². The summed E-state index contributed by atoms with van der Waals surface area (Å²) in [5, 5.41) is 6.29. The lowest BCUT2D eigenvalue weighted by Gasteiger charge is -2.26. The minimum Gasteiger partial charge on any atom is -0.356 e. The Balaban J connectivity index is 0. The van der Waals surface area contributed by atoms with Gasteiger partial charge in [0.15, 0.2) is 5.96 Å². The van der Waals surface area contributed by atoms with Gasteiger partial charge >= 0.3 is 0 Å². The molecule has 0 rings (SSSR count). The van der Waals surface area contributed by atoms with Crippen molar-refractivity contribution in [2.75, 3.05) is 27.2 Å². The molecule has 0 aromatic heterocycles. The number of amides is 1. The van der Waals surface area contributed by atoms with Crippen molar-refractivity contribution >= 4 is 35.8 Å². The van der Waals surface area contributed by atoms with Crippen LogP contribution in [0.3, 0.4) is 0 Å². The molecule has 0 aliphatic heterocycles. The number of hydrogen-bond acceptors (Lipinski definition) is 2. The molecule has 0 bridgehead atoms. The first kappa shape index (κ1) is 22.7. The Labute approximate surface area is 147 Å². The van der Waals surface area contributed by atoms with Gasteiger partial charge in [-0.25, -0.2) is 0 Å². The van der Waals surface area contributed by atoms with Crippen molar-refractivity contribution in [1.29, 1.82) is 0 Å². The second-order valence-corrected chi connectivity index (χ2v) is 6.26. The van der Waals surface area contributed by atoms with E-state index in [0.29, 0.717) is 12.5 Å². The molecular formula is C15H33IN4O. The summed E-state index contributed by atoms with van der Waals surface area (Å²) >= 11 is 0. The number of guanidine groups is 1. The molecule has 5 nitrogen and oxygen atoms in total. The van der Waals surface area contributed by atoms with E-state index in [1.165, 1.54) is 0 Å². The predicted octanol–water partition coefficient (Wildman–Crippen LogP) is 2.46. The van der Waals surface area contributed by atoms with E-state index in [1.807, 2.05) is 32.7 Å². The van der Waals surface area contributed by atoms with Gasteiger partial charge in [-0.1, -0.05) is 26.7 Å². The topological polar surface area (TPSA) is 56.7 Å². The minimum absolute atomic E-state index is 0. The average molecular weight is 412 g/mol. The van der Waals surface area contributed by atoms with Crippen molar-refractivity contribution < 1.29 is 4.79 Å². The third-order valence-electron chi connectivity index (χ3n) is 3.17. The van der Waals surface area contributed by atoms with Crippen LogP contribution in [0.1, 0.15) is 47.5 Å². The Morgan fingerprint density at radius 1 is 1.24 bits per heavy atom. The van der Waals surface area contributed by atoms with Gasteiger partial charge in [-0.2, -0.15) is 0 Å². The van der Waals surface area contributed by atoms with Gasteiger partial charge in [-0.3, -0.25) is 9.79 Å². The SMILES string of the molecule is CCC(CC)CNC(=NC)N(C)CC(=O)NC(C)(C)C.I. The maximum absolute atomic E-state index is 11.9. The van der Waals surface area contributed by atoms with Gasteiger partial charge in [0.1, 0.15) is 0 Å². The molecule has 0 aromatic rings. The molecule has 126 valence electrons. The molecule has 0 spiro atoms. The lowest BCUT2D eigenvalue weighted by atomic mass is 10.0. The molecule has 0 saturated carbocycles. The van der Waals surface area contributed by atoms with E-state index in [0.717, 1.165) is 25.3 Å². The summed E-state index contributed by atoms with van der Waals surface area (Å²) in [6.45, 7) is 11.5. The average Bonchev–Trinajstić information content (AvgIpc) is 2.32. The van der Waals surface area contributed by atoms with Crippen molar-refractivity contribution in [2.45, 2.75) is 53.0 Å². The molecule has 6 heteroatoms. The molecule has 0 unspecified atom stereocenters. The first-order valence-corrected chi connectivity index (χ1v) is 7.46. The molecular weight excluding hydrogens is 379 g/mol. The van der Waals surface area contributed by atoms with Crippen LogP contribution >= 0.6 is 24.0 Å². The number of likely N-dealkylation sites (N-methyl/N-ethyl adjacent to an activating group) is 1. The van der Waals surface area contributed by atoms with Crippen LogP contribution in [0.4, 0.5) is 0 Å². The molecule has 0 atom stereocenters. The van der Waals surface area contributed by atoms with Gasteiger partial charge in [0.05, 0.1) is 6.54 Å². The predicted molar refractivity (Wildman–Crippen MR) is 101 cm³/mol. The zero-order valence-corrected chi connectivity index (χ0v) is 16.9. The van der Waals surface area contributed by atoms with Crippen molar-refractivity contribution in [3.63, 3.8) is 0 Å². The Kier molecular flexibility index (Phi) is 12.0. The maximum atomic E-state index is 11.9. The Hall–Kier alpha value is -0.530. The van der Waals surface area contributed by atoms with E-state index in [2.05, 4.69) is 29.5 Å². The fraction of sp³-hybridized carbons (Fsp3) is 0.867. The van der Waals surface area contributed by atoms with Crippen LogP contribution in [0.5, 0.6) is 0 Å². The highest BCUT2D eigenvalue weighted by Gasteiger charge is 2.17. The number of carbonyl (C=O) groups is 1. The summed E-state index contributed by atoms with van der Waals surface area (Å²) in [6.07, 6.45) is 2.30. The van der Waals surface area contributed by atoms with E-state index >= 15 is 0 Å². The van der Waals surface area contributed by atoms with Crippen LogP contribution in [0.15, 0.2) is 4.99 Å². The first-order valence-electron chi connectivity index (χ1n) is 7.46. The zero-order chi connectivity index (χ0) is 15.8. The molecule has 0 saturated heterocycles. The summed E-state index contributed by atoms with van der Waals surface area (Å²) in [5.41, 5.74) is -0.204. The van der Waals surface area contributed by atoms with Crippen LogP contribution in [-0.2, 0) is 4.79 Å². The van der Waals surface area contributed by atoms with Crippen LogP contribution in [0, 0.1) is 5.92 Å². The van der Waals surface area contributed by atoms with Crippen LogP contribution < -0.4 is 10.6 Å². The Bertz CT molecular complexity index is 322. The van der Waals surface area contributed by atoms with Crippen molar-refractivity contribution in [3.05, 3.63) is 0 Å². The second-order valence-electron chi connectivity index (χ2n) is 6.26. The van der Waals surface area contributed by atoms with Crippen molar-refractivity contribution in [2.24, 2.45) is 10.9 Å². The molecule has 0 radical (unpaired) electrons. The first-order chi connectivity index (χ1) is 9.23. The van der Waals surface area contributed by atoms with Gasteiger partial charge in [0, 0.05) is 26.2 Å².